The summed E-state index contributed by atoms with van der Waals surface area (Å²) in [5.74, 6) is 1.76. The Morgan fingerprint density at radius 3 is 2.60 bits per heavy atom. The van der Waals surface area contributed by atoms with Crippen LogP contribution >= 0.6 is 11.8 Å². The van der Waals surface area contributed by atoms with E-state index >= 15 is 0 Å². The molecule has 2 rings (SSSR count). The highest BCUT2D eigenvalue weighted by Gasteiger charge is 2.14. The van der Waals surface area contributed by atoms with Crippen LogP contribution in [0.15, 0.2) is 20.9 Å². The summed E-state index contributed by atoms with van der Waals surface area (Å²) in [6.45, 7) is 8.95. The highest BCUT2D eigenvalue weighted by molar-refractivity contribution is 7.99. The van der Waals surface area contributed by atoms with Gasteiger partial charge >= 0.3 is 0 Å². The van der Waals surface area contributed by atoms with E-state index in [4.69, 9.17) is 4.42 Å². The van der Waals surface area contributed by atoms with Gasteiger partial charge in [-0.3, -0.25) is 0 Å². The second kappa shape index (κ2) is 6.74. The third-order valence-electron chi connectivity index (χ3n) is 2.75. The topological polar surface area (TPSA) is 63.8 Å². The molecule has 0 aliphatic rings. The fraction of sp³-hybridized carbons (Fsp3) is 0.500. The molecule has 108 valence electrons. The van der Waals surface area contributed by atoms with Crippen LogP contribution in [0.2, 0.25) is 0 Å². The molecule has 6 heteroatoms. The van der Waals surface area contributed by atoms with Gasteiger partial charge in [-0.15, -0.1) is 0 Å². The zero-order valence-electron chi connectivity index (χ0n) is 12.4. The number of nitrogens with zero attached hydrogens (tertiary/aromatic N) is 3. The molecule has 0 saturated heterocycles. The number of rotatable bonds is 6. The molecule has 0 radical (unpaired) electrons. The summed E-state index contributed by atoms with van der Waals surface area (Å²) in [4.78, 5) is 13.5. The predicted octanol–water partition coefficient (Wildman–Crippen LogP) is 3.62. The Morgan fingerprint density at radius 1 is 1.20 bits per heavy atom. The molecule has 2 aromatic rings. The maximum atomic E-state index is 5.39. The highest BCUT2D eigenvalue weighted by atomic mass is 32.2. The van der Waals surface area contributed by atoms with Gasteiger partial charge in [0.25, 0.3) is 5.22 Å². The first-order chi connectivity index (χ1) is 9.63. The molecule has 0 amide bonds. The molecular weight excluding hydrogens is 272 g/mol. The molecule has 0 aliphatic carbocycles. The summed E-state index contributed by atoms with van der Waals surface area (Å²) in [5, 5.41) is 4.81. The molecule has 0 saturated carbocycles. The summed E-state index contributed by atoms with van der Waals surface area (Å²) < 4.78 is 5.39. The molecule has 0 aromatic carbocycles. The number of oxazole rings is 1. The van der Waals surface area contributed by atoms with Gasteiger partial charge in [0.1, 0.15) is 22.9 Å². The zero-order valence-corrected chi connectivity index (χ0v) is 13.2. The molecule has 20 heavy (non-hydrogen) atoms. The lowest BCUT2D eigenvalue weighted by molar-refractivity contribution is 0.453. The third-order valence-corrected chi connectivity index (χ3v) is 3.70. The van der Waals surface area contributed by atoms with E-state index in [1.807, 2.05) is 13.8 Å². The van der Waals surface area contributed by atoms with E-state index in [1.54, 1.807) is 6.26 Å². The van der Waals surface area contributed by atoms with Crippen LogP contribution in [-0.4, -0.2) is 21.5 Å². The zero-order chi connectivity index (χ0) is 14.5. The fourth-order valence-electron chi connectivity index (χ4n) is 1.78. The second-order valence-electron chi connectivity index (χ2n) is 4.56. The molecule has 0 bridgehead atoms. The average Bonchev–Trinajstić information content (AvgIpc) is 2.81. The number of anilines is 1. The van der Waals surface area contributed by atoms with Gasteiger partial charge in [-0.1, -0.05) is 6.92 Å². The van der Waals surface area contributed by atoms with Crippen molar-refractivity contribution in [2.75, 3.05) is 11.9 Å². The third kappa shape index (κ3) is 3.50. The summed E-state index contributed by atoms with van der Waals surface area (Å²) in [7, 11) is 0. The molecule has 0 unspecified atom stereocenters. The van der Waals surface area contributed by atoms with Gasteiger partial charge in [-0.05, 0) is 39.0 Å². The maximum absolute atomic E-state index is 5.39. The molecule has 5 nitrogen and oxygen atoms in total. The smallest absolute Gasteiger partial charge is 0.262 e. The first-order valence-electron chi connectivity index (χ1n) is 6.85. The minimum Gasteiger partial charge on any atom is -0.439 e. The van der Waals surface area contributed by atoms with Gasteiger partial charge in [-0.25, -0.2) is 15.0 Å². The van der Waals surface area contributed by atoms with E-state index in [-0.39, 0.29) is 0 Å². The van der Waals surface area contributed by atoms with Crippen molar-refractivity contribution in [1.29, 1.82) is 0 Å². The van der Waals surface area contributed by atoms with E-state index < -0.39 is 0 Å². The van der Waals surface area contributed by atoms with Crippen LogP contribution in [0.3, 0.4) is 0 Å². The Morgan fingerprint density at radius 2 is 2.00 bits per heavy atom. The lowest BCUT2D eigenvalue weighted by atomic mass is 10.3. The summed E-state index contributed by atoms with van der Waals surface area (Å²) in [5.41, 5.74) is 1.91. The number of hydrogen-bond donors (Lipinski definition) is 1. The van der Waals surface area contributed by atoms with E-state index in [0.29, 0.717) is 5.22 Å². The SMILES string of the molecule is CCCc1nc(NCC)c(C)c(Sc2nc(C)co2)n1. The Labute approximate surface area is 123 Å². The van der Waals surface area contributed by atoms with Crippen LogP contribution in [0.25, 0.3) is 0 Å². The van der Waals surface area contributed by atoms with Crippen molar-refractivity contribution in [3.05, 3.63) is 23.3 Å². The Bertz CT molecular complexity index is 583. The van der Waals surface area contributed by atoms with E-state index in [1.165, 1.54) is 11.8 Å². The van der Waals surface area contributed by atoms with Gasteiger partial charge in [0.05, 0.1) is 5.69 Å². The van der Waals surface area contributed by atoms with Crippen LogP contribution in [0.1, 0.15) is 37.4 Å². The molecule has 1 N–H and O–H groups in total. The highest BCUT2D eigenvalue weighted by Crippen LogP contribution is 2.30. The molecule has 0 spiro atoms. The number of aryl methyl sites for hydroxylation is 2. The second-order valence-corrected chi connectivity index (χ2v) is 5.50. The van der Waals surface area contributed by atoms with E-state index in [2.05, 4.69) is 34.1 Å². The van der Waals surface area contributed by atoms with Crippen molar-refractivity contribution in [2.24, 2.45) is 0 Å². The van der Waals surface area contributed by atoms with Gasteiger partial charge in [-0.2, -0.15) is 0 Å². The fourth-order valence-corrected chi connectivity index (χ4v) is 2.63. The number of nitrogens with one attached hydrogen (secondary N) is 1. The standard InChI is InChI=1S/C14H20N4OS/c1-5-7-11-17-12(15-6-2)10(4)13(18-11)20-14-16-9(3)8-19-14/h8H,5-7H2,1-4H3,(H,15,17,18). The summed E-state index contributed by atoms with van der Waals surface area (Å²) in [6, 6.07) is 0. The largest absolute Gasteiger partial charge is 0.439 e. The monoisotopic (exact) mass is 292 g/mol. The van der Waals surface area contributed by atoms with Gasteiger partial charge in [0.2, 0.25) is 0 Å². The Hall–Kier alpha value is -1.56. The molecule has 2 heterocycles. The molecular formula is C14H20N4OS. The van der Waals surface area contributed by atoms with Crippen LogP contribution in [-0.2, 0) is 6.42 Å². The van der Waals surface area contributed by atoms with Gasteiger partial charge < -0.3 is 9.73 Å². The van der Waals surface area contributed by atoms with Crippen molar-refractivity contribution in [3.63, 3.8) is 0 Å². The molecule has 2 aromatic heterocycles. The number of aromatic nitrogens is 3. The van der Waals surface area contributed by atoms with Gasteiger partial charge in [0, 0.05) is 18.5 Å². The lowest BCUT2D eigenvalue weighted by Crippen LogP contribution is -2.07. The first kappa shape index (κ1) is 14.8. The van der Waals surface area contributed by atoms with Crippen LogP contribution in [0, 0.1) is 13.8 Å². The van der Waals surface area contributed by atoms with Crippen molar-refractivity contribution in [1.82, 2.24) is 15.0 Å². The number of hydrogen-bond acceptors (Lipinski definition) is 6. The molecule has 0 fully saturated rings. The average molecular weight is 292 g/mol. The predicted molar refractivity (Wildman–Crippen MR) is 80.3 cm³/mol. The van der Waals surface area contributed by atoms with Crippen molar-refractivity contribution in [3.8, 4) is 0 Å². The Kier molecular flexibility index (Phi) is 5.00. The van der Waals surface area contributed by atoms with E-state index in [9.17, 15) is 0 Å². The normalized spacial score (nSPS) is 10.8. The van der Waals surface area contributed by atoms with Crippen LogP contribution in [0.4, 0.5) is 5.82 Å². The molecule has 0 atom stereocenters. The lowest BCUT2D eigenvalue weighted by Gasteiger charge is -2.11. The first-order valence-corrected chi connectivity index (χ1v) is 7.67. The van der Waals surface area contributed by atoms with Crippen LogP contribution in [0.5, 0.6) is 0 Å². The quantitative estimate of drug-likeness (QED) is 0.820. The minimum atomic E-state index is 0.620. The summed E-state index contributed by atoms with van der Waals surface area (Å²) in [6.07, 6.45) is 3.55. The molecule has 0 aliphatic heterocycles. The minimum absolute atomic E-state index is 0.620. The van der Waals surface area contributed by atoms with Crippen molar-refractivity contribution < 1.29 is 4.42 Å². The van der Waals surface area contributed by atoms with Crippen LogP contribution < -0.4 is 5.32 Å². The van der Waals surface area contributed by atoms with Crippen molar-refractivity contribution >= 4 is 17.6 Å². The van der Waals surface area contributed by atoms with E-state index in [0.717, 1.165) is 47.3 Å². The van der Waals surface area contributed by atoms with Gasteiger partial charge in [0.15, 0.2) is 0 Å². The van der Waals surface area contributed by atoms with Crippen molar-refractivity contribution in [2.45, 2.75) is 50.8 Å². The summed E-state index contributed by atoms with van der Waals surface area (Å²) >= 11 is 1.45. The Balaban J connectivity index is 2.33. The maximum Gasteiger partial charge on any atom is 0.262 e.